The minimum atomic E-state index is -0.0584. The zero-order chi connectivity index (χ0) is 11.1. The van der Waals surface area contributed by atoms with E-state index in [2.05, 4.69) is 26.1 Å². The van der Waals surface area contributed by atoms with Crippen molar-refractivity contribution >= 4 is 0 Å². The lowest BCUT2D eigenvalue weighted by molar-refractivity contribution is -0.107. The van der Waals surface area contributed by atoms with Crippen molar-refractivity contribution in [2.24, 2.45) is 0 Å². The van der Waals surface area contributed by atoms with Crippen LogP contribution in [-0.2, 0) is 9.47 Å². The smallest absolute Gasteiger partial charge is 0.0754 e. The first kappa shape index (κ1) is 12.9. The zero-order valence-corrected chi connectivity index (χ0v) is 10.3. The summed E-state index contributed by atoms with van der Waals surface area (Å²) in [6.45, 7) is 10.2. The van der Waals surface area contributed by atoms with Crippen molar-refractivity contribution in [3.8, 4) is 0 Å². The summed E-state index contributed by atoms with van der Waals surface area (Å²) in [7, 11) is 0. The van der Waals surface area contributed by atoms with Crippen molar-refractivity contribution < 1.29 is 9.47 Å². The van der Waals surface area contributed by atoms with Crippen LogP contribution in [-0.4, -0.2) is 38.0 Å². The van der Waals surface area contributed by atoms with Crippen molar-refractivity contribution in [3.63, 3.8) is 0 Å². The Labute approximate surface area is 93.5 Å². The van der Waals surface area contributed by atoms with E-state index < -0.39 is 0 Å². The van der Waals surface area contributed by atoms with Crippen LogP contribution < -0.4 is 5.32 Å². The highest BCUT2D eigenvalue weighted by Crippen LogP contribution is 2.18. The van der Waals surface area contributed by atoms with Gasteiger partial charge in [-0.05, 0) is 39.7 Å². The second kappa shape index (κ2) is 6.46. The van der Waals surface area contributed by atoms with E-state index in [0.717, 1.165) is 39.1 Å². The molecule has 1 aliphatic heterocycles. The van der Waals surface area contributed by atoms with Gasteiger partial charge >= 0.3 is 0 Å². The average molecular weight is 215 g/mol. The van der Waals surface area contributed by atoms with E-state index in [1.54, 1.807) is 0 Å². The molecule has 0 atom stereocenters. The fourth-order valence-corrected chi connectivity index (χ4v) is 1.85. The molecule has 1 aliphatic rings. The predicted octanol–water partition coefficient (Wildman–Crippen LogP) is 1.96. The first-order valence-corrected chi connectivity index (χ1v) is 6.10. The van der Waals surface area contributed by atoms with Gasteiger partial charge in [0.25, 0.3) is 0 Å². The van der Waals surface area contributed by atoms with Crippen molar-refractivity contribution in [1.82, 2.24) is 5.32 Å². The second-order valence-electron chi connectivity index (χ2n) is 4.87. The van der Waals surface area contributed by atoms with Gasteiger partial charge in [-0.25, -0.2) is 0 Å². The third-order valence-corrected chi connectivity index (χ3v) is 2.63. The number of hydrogen-bond acceptors (Lipinski definition) is 3. The highest BCUT2D eigenvalue weighted by molar-refractivity contribution is 4.75. The van der Waals surface area contributed by atoms with Crippen LogP contribution in [0.5, 0.6) is 0 Å². The van der Waals surface area contributed by atoms with Crippen LogP contribution in [0, 0.1) is 0 Å². The standard InChI is InChI=1S/C12H25NO2/c1-4-7-13-10-12(2,3)15-11-5-8-14-9-6-11/h11,13H,4-10H2,1-3H3. The zero-order valence-electron chi connectivity index (χ0n) is 10.3. The summed E-state index contributed by atoms with van der Waals surface area (Å²) in [6, 6.07) is 0. The Bertz CT molecular complexity index is 165. The number of hydrogen-bond donors (Lipinski definition) is 1. The van der Waals surface area contributed by atoms with E-state index in [1.807, 2.05) is 0 Å². The Morgan fingerprint density at radius 3 is 2.60 bits per heavy atom. The maximum atomic E-state index is 6.08. The third-order valence-electron chi connectivity index (χ3n) is 2.63. The normalized spacial score (nSPS) is 19.4. The van der Waals surface area contributed by atoms with Crippen molar-refractivity contribution in [1.29, 1.82) is 0 Å². The SMILES string of the molecule is CCCNCC(C)(C)OC1CCOCC1. The topological polar surface area (TPSA) is 30.5 Å². The fourth-order valence-electron chi connectivity index (χ4n) is 1.85. The molecule has 3 heteroatoms. The van der Waals surface area contributed by atoms with Gasteiger partial charge in [0.2, 0.25) is 0 Å². The van der Waals surface area contributed by atoms with Crippen molar-refractivity contribution in [2.45, 2.75) is 51.7 Å². The maximum absolute atomic E-state index is 6.08. The molecule has 1 saturated heterocycles. The molecule has 1 heterocycles. The minimum Gasteiger partial charge on any atom is -0.381 e. The molecule has 1 rings (SSSR count). The number of nitrogens with one attached hydrogen (secondary N) is 1. The van der Waals surface area contributed by atoms with Crippen LogP contribution in [0.2, 0.25) is 0 Å². The molecule has 0 radical (unpaired) electrons. The Hall–Kier alpha value is -0.120. The molecular weight excluding hydrogens is 190 g/mol. The summed E-state index contributed by atoms with van der Waals surface area (Å²) < 4.78 is 11.4. The quantitative estimate of drug-likeness (QED) is 0.687. The summed E-state index contributed by atoms with van der Waals surface area (Å²) in [6.07, 6.45) is 3.64. The van der Waals surface area contributed by atoms with E-state index in [4.69, 9.17) is 9.47 Å². The fraction of sp³-hybridized carbons (Fsp3) is 1.00. The monoisotopic (exact) mass is 215 g/mol. The molecule has 15 heavy (non-hydrogen) atoms. The molecule has 1 N–H and O–H groups in total. The molecule has 0 aromatic heterocycles. The average Bonchev–Trinajstić information content (AvgIpc) is 2.18. The summed E-state index contributed by atoms with van der Waals surface area (Å²) in [4.78, 5) is 0. The highest BCUT2D eigenvalue weighted by atomic mass is 16.5. The molecule has 0 saturated carbocycles. The molecular formula is C12H25NO2. The van der Waals surface area contributed by atoms with Gasteiger partial charge in [-0.15, -0.1) is 0 Å². The molecule has 0 aromatic carbocycles. The Kier molecular flexibility index (Phi) is 5.58. The summed E-state index contributed by atoms with van der Waals surface area (Å²) in [5, 5.41) is 3.41. The van der Waals surface area contributed by atoms with Gasteiger partial charge in [-0.1, -0.05) is 6.92 Å². The van der Waals surface area contributed by atoms with E-state index in [0.29, 0.717) is 6.10 Å². The first-order chi connectivity index (χ1) is 7.14. The summed E-state index contributed by atoms with van der Waals surface area (Å²) in [5.41, 5.74) is -0.0584. The van der Waals surface area contributed by atoms with Crippen LogP contribution in [0.1, 0.15) is 40.0 Å². The largest absolute Gasteiger partial charge is 0.381 e. The van der Waals surface area contributed by atoms with E-state index in [-0.39, 0.29) is 5.60 Å². The Morgan fingerprint density at radius 2 is 2.00 bits per heavy atom. The Balaban J connectivity index is 2.20. The van der Waals surface area contributed by atoms with E-state index in [9.17, 15) is 0 Å². The van der Waals surface area contributed by atoms with Crippen LogP contribution >= 0.6 is 0 Å². The molecule has 1 fully saturated rings. The van der Waals surface area contributed by atoms with Gasteiger partial charge < -0.3 is 14.8 Å². The summed E-state index contributed by atoms with van der Waals surface area (Å²) >= 11 is 0. The predicted molar refractivity (Wildman–Crippen MR) is 62.2 cm³/mol. The van der Waals surface area contributed by atoms with Crippen LogP contribution in [0.3, 0.4) is 0 Å². The van der Waals surface area contributed by atoms with Gasteiger partial charge in [0.1, 0.15) is 0 Å². The molecule has 0 aliphatic carbocycles. The lowest BCUT2D eigenvalue weighted by Crippen LogP contribution is -2.42. The van der Waals surface area contributed by atoms with Crippen LogP contribution in [0.25, 0.3) is 0 Å². The Morgan fingerprint density at radius 1 is 1.33 bits per heavy atom. The molecule has 0 unspecified atom stereocenters. The summed E-state index contributed by atoms with van der Waals surface area (Å²) in [5.74, 6) is 0. The van der Waals surface area contributed by atoms with E-state index in [1.165, 1.54) is 6.42 Å². The molecule has 0 spiro atoms. The van der Waals surface area contributed by atoms with Crippen molar-refractivity contribution in [3.05, 3.63) is 0 Å². The van der Waals surface area contributed by atoms with Gasteiger partial charge in [-0.2, -0.15) is 0 Å². The third kappa shape index (κ3) is 5.50. The lowest BCUT2D eigenvalue weighted by atomic mass is 10.1. The van der Waals surface area contributed by atoms with Gasteiger partial charge in [0.15, 0.2) is 0 Å². The maximum Gasteiger partial charge on any atom is 0.0754 e. The van der Waals surface area contributed by atoms with Gasteiger partial charge in [0, 0.05) is 19.8 Å². The lowest BCUT2D eigenvalue weighted by Gasteiger charge is -2.33. The van der Waals surface area contributed by atoms with E-state index >= 15 is 0 Å². The number of rotatable bonds is 6. The minimum absolute atomic E-state index is 0.0584. The highest BCUT2D eigenvalue weighted by Gasteiger charge is 2.24. The second-order valence-corrected chi connectivity index (χ2v) is 4.87. The molecule has 0 amide bonds. The number of ether oxygens (including phenoxy) is 2. The van der Waals surface area contributed by atoms with Gasteiger partial charge in [0.05, 0.1) is 11.7 Å². The van der Waals surface area contributed by atoms with Crippen LogP contribution in [0.15, 0.2) is 0 Å². The van der Waals surface area contributed by atoms with Crippen molar-refractivity contribution in [2.75, 3.05) is 26.3 Å². The van der Waals surface area contributed by atoms with Crippen LogP contribution in [0.4, 0.5) is 0 Å². The first-order valence-electron chi connectivity index (χ1n) is 6.10. The molecule has 90 valence electrons. The molecule has 0 bridgehead atoms. The molecule has 3 nitrogen and oxygen atoms in total. The molecule has 0 aromatic rings. The van der Waals surface area contributed by atoms with Gasteiger partial charge in [-0.3, -0.25) is 0 Å².